The summed E-state index contributed by atoms with van der Waals surface area (Å²) in [5.41, 5.74) is 0.558. The fourth-order valence-electron chi connectivity index (χ4n) is 1.94. The molecule has 0 aliphatic carbocycles. The highest BCUT2D eigenvalue weighted by atomic mass is 79.9. The maximum Gasteiger partial charge on any atom is 0.127 e. The molecule has 0 amide bonds. The highest BCUT2D eigenvalue weighted by molar-refractivity contribution is 9.10. The molecule has 2 nitrogen and oxygen atoms in total. The molecule has 2 atom stereocenters. The van der Waals surface area contributed by atoms with E-state index in [1.807, 2.05) is 0 Å². The van der Waals surface area contributed by atoms with E-state index in [1.165, 1.54) is 6.07 Å². The monoisotopic (exact) mass is 288 g/mol. The second-order valence-corrected chi connectivity index (χ2v) is 5.05. The van der Waals surface area contributed by atoms with Gasteiger partial charge in [0.2, 0.25) is 0 Å². The van der Waals surface area contributed by atoms with Crippen LogP contribution in [0.2, 0.25) is 0 Å². The summed E-state index contributed by atoms with van der Waals surface area (Å²) in [6, 6.07) is 4.92. The summed E-state index contributed by atoms with van der Waals surface area (Å²) in [5, 5.41) is 9.94. The molecule has 88 valence electrons. The Bertz CT molecular complexity index is 364. The van der Waals surface area contributed by atoms with E-state index in [0.29, 0.717) is 29.7 Å². The molecule has 0 spiro atoms. The third-order valence-electron chi connectivity index (χ3n) is 2.95. The van der Waals surface area contributed by atoms with Crippen molar-refractivity contribution < 1.29 is 14.2 Å². The molecule has 0 bridgehead atoms. The zero-order chi connectivity index (χ0) is 11.5. The molecule has 1 heterocycles. The molecule has 16 heavy (non-hydrogen) atoms. The fraction of sp³-hybridized carbons (Fsp3) is 0.500. The van der Waals surface area contributed by atoms with Crippen LogP contribution in [0.1, 0.15) is 12.0 Å². The number of ether oxygens (including phenoxy) is 1. The quantitative estimate of drug-likeness (QED) is 0.926. The topological polar surface area (TPSA) is 29.5 Å². The number of hydrogen-bond acceptors (Lipinski definition) is 2. The average Bonchev–Trinajstić information content (AvgIpc) is 2.75. The summed E-state index contributed by atoms with van der Waals surface area (Å²) < 4.78 is 19.4. The third-order valence-corrected chi connectivity index (χ3v) is 3.45. The van der Waals surface area contributed by atoms with Crippen LogP contribution in [-0.4, -0.2) is 24.4 Å². The van der Waals surface area contributed by atoms with Crippen molar-refractivity contribution >= 4 is 15.9 Å². The molecular weight excluding hydrogens is 275 g/mol. The normalized spacial score (nSPS) is 22.3. The molecule has 1 saturated heterocycles. The summed E-state index contributed by atoms with van der Waals surface area (Å²) >= 11 is 3.21. The Morgan fingerprint density at radius 1 is 1.56 bits per heavy atom. The Morgan fingerprint density at radius 3 is 3.00 bits per heavy atom. The molecular formula is C12H14BrFO2. The van der Waals surface area contributed by atoms with E-state index in [0.717, 1.165) is 6.42 Å². The van der Waals surface area contributed by atoms with Crippen molar-refractivity contribution in [2.24, 2.45) is 5.92 Å². The predicted octanol–water partition coefficient (Wildman–Crippen LogP) is 2.53. The molecule has 0 radical (unpaired) electrons. The van der Waals surface area contributed by atoms with E-state index >= 15 is 0 Å². The number of aliphatic hydroxyl groups excluding tert-OH is 1. The van der Waals surface area contributed by atoms with Crippen LogP contribution >= 0.6 is 15.9 Å². The number of benzene rings is 1. The first-order valence-corrected chi connectivity index (χ1v) is 6.16. The van der Waals surface area contributed by atoms with Crippen LogP contribution in [0.5, 0.6) is 0 Å². The van der Waals surface area contributed by atoms with Gasteiger partial charge in [0.05, 0.1) is 12.7 Å². The standard InChI is InChI=1S/C12H14BrFO2/c13-10-2-1-8(11(14)6-10)5-12(15)9-3-4-16-7-9/h1-2,6,9,12,15H,3-5,7H2. The van der Waals surface area contributed by atoms with Crippen LogP contribution in [0.4, 0.5) is 4.39 Å². The van der Waals surface area contributed by atoms with Crippen LogP contribution in [0.15, 0.2) is 22.7 Å². The van der Waals surface area contributed by atoms with E-state index in [4.69, 9.17) is 4.74 Å². The third kappa shape index (κ3) is 2.81. The van der Waals surface area contributed by atoms with Crippen molar-refractivity contribution in [1.29, 1.82) is 0 Å². The van der Waals surface area contributed by atoms with Crippen molar-refractivity contribution in [3.8, 4) is 0 Å². The van der Waals surface area contributed by atoms with E-state index < -0.39 is 6.10 Å². The molecule has 0 aromatic heterocycles. The first-order chi connectivity index (χ1) is 7.66. The highest BCUT2D eigenvalue weighted by Gasteiger charge is 2.24. The summed E-state index contributed by atoms with van der Waals surface area (Å²) in [6.07, 6.45) is 0.699. The van der Waals surface area contributed by atoms with Crippen LogP contribution < -0.4 is 0 Å². The highest BCUT2D eigenvalue weighted by Crippen LogP contribution is 2.22. The lowest BCUT2D eigenvalue weighted by atomic mass is 9.95. The second-order valence-electron chi connectivity index (χ2n) is 4.13. The lowest BCUT2D eigenvalue weighted by Gasteiger charge is -2.16. The molecule has 1 aromatic rings. The molecule has 1 fully saturated rings. The van der Waals surface area contributed by atoms with Gasteiger partial charge in [0.15, 0.2) is 0 Å². The number of rotatable bonds is 3. The first-order valence-electron chi connectivity index (χ1n) is 5.36. The van der Waals surface area contributed by atoms with Crippen LogP contribution in [-0.2, 0) is 11.2 Å². The summed E-state index contributed by atoms with van der Waals surface area (Å²) in [5.74, 6) is -0.129. The minimum absolute atomic E-state index is 0.142. The second kappa shape index (κ2) is 5.25. The van der Waals surface area contributed by atoms with E-state index in [-0.39, 0.29) is 11.7 Å². The molecule has 2 rings (SSSR count). The van der Waals surface area contributed by atoms with Gasteiger partial charge >= 0.3 is 0 Å². The van der Waals surface area contributed by atoms with Gasteiger partial charge in [0.25, 0.3) is 0 Å². The Kier molecular flexibility index (Phi) is 3.95. The van der Waals surface area contributed by atoms with Crippen molar-refractivity contribution in [1.82, 2.24) is 0 Å². The predicted molar refractivity (Wildman–Crippen MR) is 62.7 cm³/mol. The lowest BCUT2D eigenvalue weighted by molar-refractivity contribution is 0.0912. The van der Waals surface area contributed by atoms with Crippen molar-refractivity contribution in [3.05, 3.63) is 34.1 Å². The Balaban J connectivity index is 2.02. The average molecular weight is 289 g/mol. The van der Waals surface area contributed by atoms with Crippen molar-refractivity contribution in [3.63, 3.8) is 0 Å². The molecule has 1 N–H and O–H groups in total. The van der Waals surface area contributed by atoms with Gasteiger partial charge < -0.3 is 9.84 Å². The maximum atomic E-state index is 13.5. The molecule has 4 heteroatoms. The van der Waals surface area contributed by atoms with Gasteiger partial charge in [-0.05, 0) is 24.1 Å². The maximum absolute atomic E-state index is 13.5. The van der Waals surface area contributed by atoms with Crippen LogP contribution in [0.25, 0.3) is 0 Å². The molecule has 0 saturated carbocycles. The largest absolute Gasteiger partial charge is 0.392 e. The van der Waals surface area contributed by atoms with Gasteiger partial charge in [0.1, 0.15) is 5.82 Å². The van der Waals surface area contributed by atoms with Gasteiger partial charge in [-0.2, -0.15) is 0 Å². The Hall–Kier alpha value is -0.450. The van der Waals surface area contributed by atoms with Gasteiger partial charge in [-0.1, -0.05) is 22.0 Å². The Labute approximate surface area is 103 Å². The lowest BCUT2D eigenvalue weighted by Crippen LogP contribution is -2.23. The number of hydrogen-bond donors (Lipinski definition) is 1. The van der Waals surface area contributed by atoms with E-state index in [9.17, 15) is 9.50 Å². The van der Waals surface area contributed by atoms with E-state index in [1.54, 1.807) is 12.1 Å². The molecule has 2 unspecified atom stereocenters. The minimum Gasteiger partial charge on any atom is -0.392 e. The summed E-state index contributed by atoms with van der Waals surface area (Å²) in [4.78, 5) is 0. The molecule has 1 aliphatic heterocycles. The van der Waals surface area contributed by atoms with Crippen LogP contribution in [0.3, 0.4) is 0 Å². The van der Waals surface area contributed by atoms with Gasteiger partial charge in [-0.25, -0.2) is 4.39 Å². The molecule has 1 aliphatic rings. The summed E-state index contributed by atoms with van der Waals surface area (Å²) in [6.45, 7) is 1.28. The smallest absolute Gasteiger partial charge is 0.127 e. The zero-order valence-corrected chi connectivity index (χ0v) is 10.4. The SMILES string of the molecule is OC(Cc1ccc(Br)cc1F)C1CCOC1. The number of halogens is 2. The van der Waals surface area contributed by atoms with Crippen LogP contribution in [0, 0.1) is 11.7 Å². The van der Waals surface area contributed by atoms with Gasteiger partial charge in [-0.3, -0.25) is 0 Å². The number of aliphatic hydroxyl groups is 1. The van der Waals surface area contributed by atoms with Crippen molar-refractivity contribution in [2.45, 2.75) is 18.9 Å². The van der Waals surface area contributed by atoms with E-state index in [2.05, 4.69) is 15.9 Å². The zero-order valence-electron chi connectivity index (χ0n) is 8.83. The fourth-order valence-corrected chi connectivity index (χ4v) is 2.27. The minimum atomic E-state index is -0.516. The Morgan fingerprint density at radius 2 is 2.38 bits per heavy atom. The molecule has 1 aromatic carbocycles. The first kappa shape index (κ1) is 12.0. The summed E-state index contributed by atoms with van der Waals surface area (Å²) in [7, 11) is 0. The van der Waals surface area contributed by atoms with Crippen molar-refractivity contribution in [2.75, 3.05) is 13.2 Å². The van der Waals surface area contributed by atoms with Gasteiger partial charge in [-0.15, -0.1) is 0 Å². The van der Waals surface area contributed by atoms with Gasteiger partial charge in [0, 0.05) is 23.4 Å².